The first kappa shape index (κ1) is 26.1. The van der Waals surface area contributed by atoms with Crippen LogP contribution in [-0.4, -0.2) is 55.2 Å². The topological polar surface area (TPSA) is 146 Å². The van der Waals surface area contributed by atoms with Crippen LogP contribution in [0.25, 0.3) is 32.4 Å². The number of hydrogen-bond acceptors (Lipinski definition) is 7. The van der Waals surface area contributed by atoms with Gasteiger partial charge in [0.15, 0.2) is 0 Å². The highest BCUT2D eigenvalue weighted by Crippen LogP contribution is 2.29. The second-order valence-corrected chi connectivity index (χ2v) is 9.33. The molecule has 37 heavy (non-hydrogen) atoms. The average Bonchev–Trinajstić information content (AvgIpc) is 3.57. The Balaban J connectivity index is 0.000000405. The van der Waals surface area contributed by atoms with Crippen molar-refractivity contribution >= 4 is 44.2 Å². The number of anilines is 1. The maximum Gasteiger partial charge on any atom is 0.490 e. The Labute approximate surface area is 212 Å². The fourth-order valence-corrected chi connectivity index (χ4v) is 4.44. The summed E-state index contributed by atoms with van der Waals surface area (Å²) < 4.78 is 31.7. The summed E-state index contributed by atoms with van der Waals surface area (Å²) in [6.07, 6.45) is -3.41. The number of carboxylic acids is 1. The molecule has 1 atom stereocenters. The van der Waals surface area contributed by atoms with Crippen LogP contribution in [0.15, 0.2) is 48.5 Å². The minimum absolute atomic E-state index is 0.0735. The molecule has 0 bridgehead atoms. The van der Waals surface area contributed by atoms with Gasteiger partial charge in [-0.25, -0.2) is 4.79 Å². The van der Waals surface area contributed by atoms with Crippen molar-refractivity contribution in [2.24, 2.45) is 5.73 Å². The summed E-state index contributed by atoms with van der Waals surface area (Å²) in [4.78, 5) is 12.3. The van der Waals surface area contributed by atoms with Gasteiger partial charge in [0.25, 0.3) is 0 Å². The van der Waals surface area contributed by atoms with E-state index in [2.05, 4.69) is 61.0 Å². The number of nitrogens with one attached hydrogen (secondary N) is 3. The number of aryl methyl sites for hydroxylation is 1. The molecule has 9 nitrogen and oxygen atoms in total. The zero-order chi connectivity index (χ0) is 26.6. The molecule has 0 saturated carbocycles. The van der Waals surface area contributed by atoms with Gasteiger partial charge in [0.05, 0.1) is 5.52 Å². The lowest BCUT2D eigenvalue weighted by molar-refractivity contribution is -0.192. The third kappa shape index (κ3) is 6.62. The second kappa shape index (κ2) is 11.0. The predicted octanol–water partition coefficient (Wildman–Crippen LogP) is 4.88. The molecule has 0 radical (unpaired) electrons. The van der Waals surface area contributed by atoms with Crippen molar-refractivity contribution in [1.82, 2.24) is 25.4 Å². The van der Waals surface area contributed by atoms with E-state index in [1.165, 1.54) is 11.1 Å². The van der Waals surface area contributed by atoms with Gasteiger partial charge in [-0.05, 0) is 49.1 Å². The summed E-state index contributed by atoms with van der Waals surface area (Å²) in [5.41, 5.74) is 11.7. The van der Waals surface area contributed by atoms with Gasteiger partial charge in [0.1, 0.15) is 5.01 Å². The van der Waals surface area contributed by atoms with Crippen LogP contribution in [0.2, 0.25) is 0 Å². The van der Waals surface area contributed by atoms with Crippen molar-refractivity contribution in [3.8, 4) is 10.6 Å². The molecule has 3 aromatic heterocycles. The number of hydrogen-bond donors (Lipinski definition) is 5. The molecule has 0 unspecified atom stereocenters. The summed E-state index contributed by atoms with van der Waals surface area (Å²) in [5, 5.41) is 30.4. The number of aromatic nitrogens is 5. The molecule has 0 aliphatic heterocycles. The van der Waals surface area contributed by atoms with Gasteiger partial charge in [0, 0.05) is 46.9 Å². The third-order valence-corrected chi connectivity index (χ3v) is 6.45. The predicted molar refractivity (Wildman–Crippen MR) is 137 cm³/mol. The highest BCUT2D eigenvalue weighted by Gasteiger charge is 2.38. The number of H-pyrrole nitrogens is 2. The van der Waals surface area contributed by atoms with Crippen molar-refractivity contribution in [3.63, 3.8) is 0 Å². The van der Waals surface area contributed by atoms with E-state index in [0.717, 1.165) is 57.2 Å². The van der Waals surface area contributed by atoms with Crippen LogP contribution in [0, 0.1) is 6.92 Å². The molecule has 13 heteroatoms. The molecule has 3 heterocycles. The Morgan fingerprint density at radius 1 is 1.19 bits per heavy atom. The molecule has 0 aliphatic carbocycles. The molecule has 6 N–H and O–H groups in total. The van der Waals surface area contributed by atoms with E-state index in [1.54, 1.807) is 11.3 Å². The van der Waals surface area contributed by atoms with Crippen molar-refractivity contribution in [2.45, 2.75) is 32.0 Å². The fraction of sp³-hybridized carbons (Fsp3) is 0.250. The SMILES string of the molecule is Cc1[nH]nc2ccc(-c3nnc(NCC[C@H](N)Cc4cc5ccccc5[nH]4)s3)cc12.O=C(O)C(F)(F)F. The van der Waals surface area contributed by atoms with Crippen LogP contribution >= 0.6 is 11.3 Å². The van der Waals surface area contributed by atoms with E-state index in [4.69, 9.17) is 15.6 Å². The molecule has 0 fully saturated rings. The Kier molecular flexibility index (Phi) is 7.74. The number of halogens is 3. The van der Waals surface area contributed by atoms with E-state index in [1.807, 2.05) is 25.1 Å². The summed E-state index contributed by atoms with van der Waals surface area (Å²) in [5.74, 6) is -2.76. The normalized spacial score (nSPS) is 12.4. The van der Waals surface area contributed by atoms with E-state index in [-0.39, 0.29) is 6.04 Å². The van der Waals surface area contributed by atoms with Gasteiger partial charge in [-0.1, -0.05) is 29.5 Å². The van der Waals surface area contributed by atoms with Gasteiger partial charge in [-0.3, -0.25) is 5.10 Å². The molecule has 0 spiro atoms. The number of aliphatic carboxylic acids is 1. The average molecular weight is 532 g/mol. The van der Waals surface area contributed by atoms with Gasteiger partial charge in [-0.15, -0.1) is 10.2 Å². The molecular weight excluding hydrogens is 507 g/mol. The zero-order valence-electron chi connectivity index (χ0n) is 19.6. The van der Waals surface area contributed by atoms with Crippen molar-refractivity contribution in [2.75, 3.05) is 11.9 Å². The number of aromatic amines is 2. The molecular formula is C24H24F3N7O2S. The lowest BCUT2D eigenvalue weighted by Crippen LogP contribution is -2.25. The Hall–Kier alpha value is -3.97. The quantitative estimate of drug-likeness (QED) is 0.201. The highest BCUT2D eigenvalue weighted by atomic mass is 32.1. The number of carbonyl (C=O) groups is 1. The van der Waals surface area contributed by atoms with Gasteiger partial charge >= 0.3 is 12.1 Å². The Bertz CT molecular complexity index is 1480. The molecule has 0 saturated heterocycles. The maximum atomic E-state index is 10.6. The first-order valence-corrected chi connectivity index (χ1v) is 12.1. The number of fused-ring (bicyclic) bond motifs is 2. The van der Waals surface area contributed by atoms with Crippen LogP contribution in [0.5, 0.6) is 0 Å². The molecule has 0 aliphatic rings. The molecule has 0 amide bonds. The number of rotatable bonds is 7. The first-order chi connectivity index (χ1) is 17.6. The van der Waals surface area contributed by atoms with Gasteiger partial charge in [-0.2, -0.15) is 18.3 Å². The van der Waals surface area contributed by atoms with Crippen LogP contribution in [-0.2, 0) is 11.2 Å². The third-order valence-electron chi connectivity index (χ3n) is 5.52. The second-order valence-electron chi connectivity index (χ2n) is 8.36. The number of nitrogens with zero attached hydrogens (tertiary/aromatic N) is 3. The minimum atomic E-state index is -5.08. The molecule has 194 valence electrons. The highest BCUT2D eigenvalue weighted by molar-refractivity contribution is 7.18. The van der Waals surface area contributed by atoms with Crippen LogP contribution in [0.4, 0.5) is 18.3 Å². The summed E-state index contributed by atoms with van der Waals surface area (Å²) >= 11 is 1.55. The molecule has 5 aromatic rings. The number of nitrogens with two attached hydrogens (primary N) is 1. The monoisotopic (exact) mass is 531 g/mol. The fourth-order valence-electron chi connectivity index (χ4n) is 3.68. The summed E-state index contributed by atoms with van der Waals surface area (Å²) in [6.45, 7) is 2.78. The van der Waals surface area contributed by atoms with Gasteiger partial charge in [0.2, 0.25) is 5.13 Å². The largest absolute Gasteiger partial charge is 0.490 e. The molecule has 2 aromatic carbocycles. The van der Waals surface area contributed by atoms with E-state index in [0.29, 0.717) is 0 Å². The number of carboxylic acid groups (broad SMARTS) is 1. The maximum absolute atomic E-state index is 10.6. The standard InChI is InChI=1S/C22H23N7S.C2HF3O2/c1-13-18-11-15(6-7-20(18)27-26-13)21-28-29-22(30-21)24-9-8-16(23)12-17-10-14-4-2-3-5-19(14)25-17;3-2(4,5)1(6)7/h2-7,10-11,16,25H,8-9,12,23H2,1H3,(H,24,29)(H,26,27);(H,6,7)/t16-;/m0./s1. The summed E-state index contributed by atoms with van der Waals surface area (Å²) in [6, 6.07) is 16.7. The Morgan fingerprint density at radius 2 is 1.95 bits per heavy atom. The Morgan fingerprint density at radius 3 is 2.68 bits per heavy atom. The lowest BCUT2D eigenvalue weighted by Gasteiger charge is -2.10. The first-order valence-electron chi connectivity index (χ1n) is 11.2. The van der Waals surface area contributed by atoms with Crippen LogP contribution < -0.4 is 11.1 Å². The smallest absolute Gasteiger partial charge is 0.475 e. The van der Waals surface area contributed by atoms with Crippen molar-refractivity contribution in [3.05, 3.63) is 59.9 Å². The zero-order valence-corrected chi connectivity index (χ0v) is 20.5. The van der Waals surface area contributed by atoms with E-state index < -0.39 is 12.1 Å². The number of benzene rings is 2. The lowest BCUT2D eigenvalue weighted by atomic mass is 10.1. The van der Waals surface area contributed by atoms with E-state index >= 15 is 0 Å². The van der Waals surface area contributed by atoms with Gasteiger partial charge < -0.3 is 21.1 Å². The van der Waals surface area contributed by atoms with Crippen molar-refractivity contribution in [1.29, 1.82) is 0 Å². The number of para-hydroxylation sites is 1. The van der Waals surface area contributed by atoms with E-state index in [9.17, 15) is 13.2 Å². The van der Waals surface area contributed by atoms with Crippen LogP contribution in [0.3, 0.4) is 0 Å². The summed E-state index contributed by atoms with van der Waals surface area (Å²) in [7, 11) is 0. The van der Waals surface area contributed by atoms with Crippen LogP contribution in [0.1, 0.15) is 17.8 Å². The number of alkyl halides is 3. The van der Waals surface area contributed by atoms with Crippen molar-refractivity contribution < 1.29 is 23.1 Å². The molecule has 5 rings (SSSR count). The minimum Gasteiger partial charge on any atom is -0.475 e.